The first-order valence-electron chi connectivity index (χ1n) is 9.46. The molecule has 0 aliphatic heterocycles. The van der Waals surface area contributed by atoms with Crippen LogP contribution in [0.3, 0.4) is 0 Å². The van der Waals surface area contributed by atoms with Crippen molar-refractivity contribution in [2.75, 3.05) is 0 Å². The molecule has 6 nitrogen and oxygen atoms in total. The lowest BCUT2D eigenvalue weighted by Gasteiger charge is -2.19. The zero-order valence-corrected chi connectivity index (χ0v) is 17.4. The van der Waals surface area contributed by atoms with Gasteiger partial charge in [-0.05, 0) is 57.0 Å². The Morgan fingerprint density at radius 3 is 2.63 bits per heavy atom. The normalized spacial score (nSPS) is 11.1. The van der Waals surface area contributed by atoms with Gasteiger partial charge in [-0.2, -0.15) is 5.10 Å². The molecule has 1 amide bonds. The van der Waals surface area contributed by atoms with E-state index in [4.69, 9.17) is 11.3 Å². The van der Waals surface area contributed by atoms with E-state index >= 15 is 0 Å². The maximum atomic E-state index is 14.5. The van der Waals surface area contributed by atoms with Crippen molar-refractivity contribution in [3.05, 3.63) is 77.0 Å². The van der Waals surface area contributed by atoms with Crippen molar-refractivity contribution in [3.8, 4) is 16.9 Å². The van der Waals surface area contributed by atoms with Gasteiger partial charge in [0.2, 0.25) is 0 Å². The Morgan fingerprint density at radius 1 is 1.23 bits per heavy atom. The molecule has 3 rings (SSSR count). The van der Waals surface area contributed by atoms with Crippen molar-refractivity contribution < 1.29 is 13.9 Å². The summed E-state index contributed by atoms with van der Waals surface area (Å²) in [4.78, 5) is 15.2. The van der Waals surface area contributed by atoms with E-state index < -0.39 is 17.5 Å². The summed E-state index contributed by atoms with van der Waals surface area (Å²) in [7, 11) is 0. The number of carbonyl (C=O) groups excluding carboxylic acids is 1. The molecular formula is C23H23FN4O2. The van der Waals surface area contributed by atoms with Gasteiger partial charge in [0.05, 0.1) is 18.0 Å². The molecule has 7 heteroatoms. The van der Waals surface area contributed by atoms with Crippen molar-refractivity contribution in [1.29, 1.82) is 0 Å². The maximum absolute atomic E-state index is 14.5. The van der Waals surface area contributed by atoms with Crippen LogP contribution in [0.25, 0.3) is 21.8 Å². The minimum Gasteiger partial charge on any atom is -0.444 e. The Bertz CT molecular complexity index is 1120. The van der Waals surface area contributed by atoms with Crippen molar-refractivity contribution in [3.63, 3.8) is 0 Å². The average Bonchev–Trinajstić information content (AvgIpc) is 3.15. The van der Waals surface area contributed by atoms with Crippen LogP contribution in [0.4, 0.5) is 14.9 Å². The van der Waals surface area contributed by atoms with Gasteiger partial charge in [0.1, 0.15) is 11.4 Å². The summed E-state index contributed by atoms with van der Waals surface area (Å²) >= 11 is 0. The van der Waals surface area contributed by atoms with Crippen molar-refractivity contribution in [2.24, 2.45) is 0 Å². The van der Waals surface area contributed by atoms with Crippen LogP contribution in [0.2, 0.25) is 0 Å². The molecule has 30 heavy (non-hydrogen) atoms. The summed E-state index contributed by atoms with van der Waals surface area (Å²) < 4.78 is 21.3. The average molecular weight is 406 g/mol. The lowest BCUT2D eigenvalue weighted by molar-refractivity contribution is 0.0523. The van der Waals surface area contributed by atoms with E-state index in [0.29, 0.717) is 16.9 Å². The Morgan fingerprint density at radius 2 is 2.00 bits per heavy atom. The molecule has 0 saturated carbocycles. The number of halogens is 1. The second-order valence-corrected chi connectivity index (χ2v) is 7.89. The summed E-state index contributed by atoms with van der Waals surface area (Å²) in [5, 5.41) is 7.07. The number of benzene rings is 2. The van der Waals surface area contributed by atoms with E-state index in [1.807, 2.05) is 25.1 Å². The van der Waals surface area contributed by atoms with E-state index in [2.05, 4.69) is 15.3 Å². The lowest BCUT2D eigenvalue weighted by atomic mass is 10.1. The lowest BCUT2D eigenvalue weighted by Crippen LogP contribution is -2.32. The first kappa shape index (κ1) is 21.1. The molecule has 0 bridgehead atoms. The van der Waals surface area contributed by atoms with E-state index in [1.54, 1.807) is 49.8 Å². The monoisotopic (exact) mass is 406 g/mol. The fraction of sp³-hybridized carbons (Fsp3) is 0.261. The molecule has 154 valence electrons. The fourth-order valence-electron chi connectivity index (χ4n) is 2.87. The molecule has 1 aromatic heterocycles. The highest BCUT2D eigenvalue weighted by atomic mass is 19.1. The van der Waals surface area contributed by atoms with E-state index in [0.717, 1.165) is 16.8 Å². The third kappa shape index (κ3) is 5.03. The third-order valence-corrected chi connectivity index (χ3v) is 4.33. The van der Waals surface area contributed by atoms with Crippen LogP contribution in [0, 0.1) is 19.3 Å². The molecule has 0 saturated heterocycles. The van der Waals surface area contributed by atoms with E-state index in [-0.39, 0.29) is 6.54 Å². The number of rotatable bonds is 4. The minimum atomic E-state index is -0.612. The highest BCUT2D eigenvalue weighted by Gasteiger charge is 2.16. The van der Waals surface area contributed by atoms with Gasteiger partial charge in [0, 0.05) is 18.3 Å². The molecule has 0 unspecified atom stereocenters. The molecule has 3 aromatic rings. The molecule has 0 aliphatic rings. The number of aromatic nitrogens is 2. The van der Waals surface area contributed by atoms with E-state index in [9.17, 15) is 9.18 Å². The maximum Gasteiger partial charge on any atom is 0.407 e. The summed E-state index contributed by atoms with van der Waals surface area (Å²) in [5.41, 5.74) is 3.40. The van der Waals surface area contributed by atoms with Gasteiger partial charge in [0.25, 0.3) is 0 Å². The standard InChI is InChI=1S/C23H23FN4O2/c1-15-12-16(7-9-20(15)25-5)21-10-11-28(27-21)18-8-6-17(19(24)13-18)14-26-22(29)30-23(2,3)4/h6-13H,14H2,1-4H3,(H,26,29). The highest BCUT2D eigenvalue weighted by Crippen LogP contribution is 2.26. The summed E-state index contributed by atoms with van der Waals surface area (Å²) in [6.45, 7) is 14.3. The number of carbonyl (C=O) groups is 1. The summed E-state index contributed by atoms with van der Waals surface area (Å²) in [5.74, 6) is -0.446. The Labute approximate surface area is 175 Å². The number of hydrogen-bond acceptors (Lipinski definition) is 3. The van der Waals surface area contributed by atoms with E-state index in [1.165, 1.54) is 6.07 Å². The molecule has 0 aliphatic carbocycles. The van der Waals surface area contributed by atoms with Crippen molar-refractivity contribution >= 4 is 11.8 Å². The number of hydrogen-bond donors (Lipinski definition) is 1. The van der Waals surface area contributed by atoms with Gasteiger partial charge >= 0.3 is 6.09 Å². The molecule has 1 heterocycles. The number of nitrogens with one attached hydrogen (secondary N) is 1. The summed E-state index contributed by atoms with van der Waals surface area (Å²) in [6, 6.07) is 12.1. The van der Waals surface area contributed by atoms with Crippen LogP contribution in [0.5, 0.6) is 0 Å². The number of amides is 1. The van der Waals surface area contributed by atoms with Crippen LogP contribution < -0.4 is 5.32 Å². The largest absolute Gasteiger partial charge is 0.444 e. The second-order valence-electron chi connectivity index (χ2n) is 7.89. The van der Waals surface area contributed by atoms with Gasteiger partial charge in [-0.15, -0.1) is 0 Å². The molecule has 0 fully saturated rings. The molecule has 0 radical (unpaired) electrons. The molecule has 2 aromatic carbocycles. The van der Waals surface area contributed by atoms with Crippen molar-refractivity contribution in [1.82, 2.24) is 15.1 Å². The smallest absolute Gasteiger partial charge is 0.407 e. The second kappa shape index (κ2) is 8.37. The quantitative estimate of drug-likeness (QED) is 0.577. The number of aryl methyl sites for hydroxylation is 1. The van der Waals surface area contributed by atoms with Gasteiger partial charge in [0.15, 0.2) is 5.69 Å². The predicted molar refractivity (Wildman–Crippen MR) is 113 cm³/mol. The highest BCUT2D eigenvalue weighted by molar-refractivity contribution is 5.68. The van der Waals surface area contributed by atoms with Crippen LogP contribution in [-0.4, -0.2) is 21.5 Å². The summed E-state index contributed by atoms with van der Waals surface area (Å²) in [6.07, 6.45) is 1.16. The molecule has 1 N–H and O–H groups in total. The predicted octanol–water partition coefficient (Wildman–Crippen LogP) is 5.56. The van der Waals surface area contributed by atoms with Gasteiger partial charge < -0.3 is 10.1 Å². The van der Waals surface area contributed by atoms with Crippen molar-refractivity contribution in [2.45, 2.75) is 39.8 Å². The number of ether oxygens (including phenoxy) is 1. The van der Waals surface area contributed by atoms with Gasteiger partial charge in [-0.3, -0.25) is 0 Å². The van der Waals surface area contributed by atoms with Crippen LogP contribution in [0.15, 0.2) is 48.7 Å². The first-order valence-corrected chi connectivity index (χ1v) is 9.46. The van der Waals surface area contributed by atoms with Crippen LogP contribution in [-0.2, 0) is 11.3 Å². The fourth-order valence-corrected chi connectivity index (χ4v) is 2.87. The Kier molecular flexibility index (Phi) is 5.88. The molecule has 0 spiro atoms. The number of nitrogens with zero attached hydrogens (tertiary/aromatic N) is 3. The third-order valence-electron chi connectivity index (χ3n) is 4.33. The first-order chi connectivity index (χ1) is 14.2. The topological polar surface area (TPSA) is 60.5 Å². The molecular weight excluding hydrogens is 383 g/mol. The van der Waals surface area contributed by atoms with Gasteiger partial charge in [-0.1, -0.05) is 24.3 Å². The van der Waals surface area contributed by atoms with Crippen LogP contribution in [0.1, 0.15) is 31.9 Å². The van der Waals surface area contributed by atoms with Crippen LogP contribution >= 0.6 is 0 Å². The Balaban J connectivity index is 1.73. The van der Waals surface area contributed by atoms with Gasteiger partial charge in [-0.25, -0.2) is 18.7 Å². The minimum absolute atomic E-state index is 0.0259. The number of alkyl carbamates (subject to hydrolysis) is 1. The zero-order chi connectivity index (χ0) is 21.9. The SMILES string of the molecule is [C-]#[N+]c1ccc(-c2ccn(-c3ccc(CNC(=O)OC(C)(C)C)c(F)c3)n2)cc1C. The Hall–Kier alpha value is -3.66. The molecule has 0 atom stereocenters. The zero-order valence-electron chi connectivity index (χ0n) is 17.4.